The van der Waals surface area contributed by atoms with Crippen LogP contribution in [0.5, 0.6) is 0 Å². The summed E-state index contributed by atoms with van der Waals surface area (Å²) in [5.41, 5.74) is 5.83. The molecule has 2 aromatic heterocycles. The van der Waals surface area contributed by atoms with E-state index in [0.29, 0.717) is 68.9 Å². The maximum Gasteiger partial charge on any atom is 0.252 e. The van der Waals surface area contributed by atoms with Crippen molar-refractivity contribution in [1.29, 1.82) is 0 Å². The van der Waals surface area contributed by atoms with Gasteiger partial charge in [-0.15, -0.1) is 10.2 Å². The first-order valence-corrected chi connectivity index (χ1v) is 24.6. The number of carbonyl (C=O) groups excluding carboxylic acids is 6. The second-order valence-corrected chi connectivity index (χ2v) is 19.1. The molecule has 2 saturated heterocycles. The van der Waals surface area contributed by atoms with Gasteiger partial charge >= 0.3 is 0 Å². The number of likely N-dealkylation sites (tertiary alicyclic amines) is 2. The summed E-state index contributed by atoms with van der Waals surface area (Å²) in [6, 6.07) is 10.5. The predicted octanol–water partition coefficient (Wildman–Crippen LogP) is 1.32. The number of hydrogen-bond acceptors (Lipinski definition) is 12. The van der Waals surface area contributed by atoms with E-state index in [0.717, 1.165) is 49.7 Å². The van der Waals surface area contributed by atoms with Crippen LogP contribution in [-0.2, 0) is 61.1 Å². The molecule has 366 valence electrons. The van der Waals surface area contributed by atoms with Crippen LogP contribution in [0, 0.1) is 0 Å². The Bertz CT molecular complexity index is 2590. The van der Waals surface area contributed by atoms with Gasteiger partial charge in [0, 0.05) is 19.5 Å². The van der Waals surface area contributed by atoms with E-state index in [2.05, 4.69) is 64.7 Å². The molecule has 20 heteroatoms. The number of aromatic nitrogens is 6. The van der Waals surface area contributed by atoms with Gasteiger partial charge < -0.3 is 41.7 Å². The Balaban J connectivity index is 1.00. The van der Waals surface area contributed by atoms with Crippen molar-refractivity contribution in [3.8, 4) is 11.4 Å². The lowest BCUT2D eigenvalue weighted by atomic mass is 9.87. The van der Waals surface area contributed by atoms with E-state index >= 15 is 4.79 Å². The number of hydrogen-bond donors (Lipinski definition) is 6. The first-order valence-electron chi connectivity index (χ1n) is 24.6. The molecule has 20 nitrogen and oxygen atoms in total. The molecule has 2 aromatic carbocycles. The lowest BCUT2D eigenvalue weighted by molar-refractivity contribution is -0.142. The second kappa shape index (κ2) is 20.6. The van der Waals surface area contributed by atoms with Crippen molar-refractivity contribution in [2.75, 3.05) is 27.2 Å². The molecule has 0 bridgehead atoms. The minimum absolute atomic E-state index is 0.123. The smallest absolute Gasteiger partial charge is 0.252 e. The summed E-state index contributed by atoms with van der Waals surface area (Å²) in [5.74, 6) is -2.34. The van der Waals surface area contributed by atoms with Crippen LogP contribution < -0.4 is 31.9 Å². The van der Waals surface area contributed by atoms with Crippen molar-refractivity contribution in [2.45, 2.75) is 146 Å². The van der Waals surface area contributed by atoms with Crippen molar-refractivity contribution in [3.63, 3.8) is 0 Å². The minimum atomic E-state index is -1.37. The van der Waals surface area contributed by atoms with Gasteiger partial charge in [-0.3, -0.25) is 28.8 Å². The fraction of sp³-hybridized carbons (Fsp3) is 0.551. The van der Waals surface area contributed by atoms with Gasteiger partial charge in [0.15, 0.2) is 6.04 Å². The highest BCUT2D eigenvalue weighted by molar-refractivity contribution is 5.96. The van der Waals surface area contributed by atoms with Gasteiger partial charge in [-0.1, -0.05) is 59.0 Å². The van der Waals surface area contributed by atoms with Crippen LogP contribution in [0.3, 0.4) is 0 Å². The molecule has 4 aromatic rings. The molecule has 6 N–H and O–H groups in total. The van der Waals surface area contributed by atoms with Gasteiger partial charge in [0.1, 0.15) is 35.2 Å². The average molecular weight is 945 g/mol. The summed E-state index contributed by atoms with van der Waals surface area (Å²) >= 11 is 0. The predicted molar refractivity (Wildman–Crippen MR) is 253 cm³/mol. The molecule has 0 radical (unpaired) electrons. The summed E-state index contributed by atoms with van der Waals surface area (Å²) < 4.78 is 3.28. The molecule has 3 aliphatic heterocycles. The zero-order valence-electron chi connectivity index (χ0n) is 39.9. The van der Waals surface area contributed by atoms with Crippen molar-refractivity contribution < 1.29 is 28.8 Å². The number of nitrogens with one attached hydrogen (secondary N) is 6. The Morgan fingerprint density at radius 2 is 1.12 bits per heavy atom. The maximum atomic E-state index is 15.1. The zero-order chi connectivity index (χ0) is 48.3. The lowest BCUT2D eigenvalue weighted by Crippen LogP contribution is -2.56. The largest absolute Gasteiger partial charge is 0.347 e. The Morgan fingerprint density at radius 1 is 0.609 bits per heavy atom. The molecule has 8 atom stereocenters. The van der Waals surface area contributed by atoms with Crippen LogP contribution in [0.2, 0.25) is 0 Å². The summed E-state index contributed by atoms with van der Waals surface area (Å²) in [6.45, 7) is 4.62. The van der Waals surface area contributed by atoms with E-state index in [-0.39, 0.29) is 36.0 Å². The monoisotopic (exact) mass is 945 g/mol. The maximum absolute atomic E-state index is 15.1. The van der Waals surface area contributed by atoms with Crippen molar-refractivity contribution in [1.82, 2.24) is 71.7 Å². The van der Waals surface area contributed by atoms with Gasteiger partial charge in [-0.25, -0.2) is 9.36 Å². The highest BCUT2D eigenvalue weighted by Gasteiger charge is 2.44. The van der Waals surface area contributed by atoms with Gasteiger partial charge in [0.2, 0.25) is 29.5 Å². The number of amides is 6. The molecule has 9 rings (SSSR count). The minimum Gasteiger partial charge on any atom is -0.347 e. The van der Waals surface area contributed by atoms with Crippen LogP contribution in [-0.4, -0.2) is 133 Å². The fourth-order valence-electron chi connectivity index (χ4n) is 10.8. The normalized spacial score (nSPS) is 22.2. The molecular formula is C49H64N14O6. The summed E-state index contributed by atoms with van der Waals surface area (Å²) in [4.78, 5) is 88.7. The van der Waals surface area contributed by atoms with Crippen molar-refractivity contribution in [3.05, 3.63) is 82.2 Å². The quantitative estimate of drug-likeness (QED) is 0.0990. The third kappa shape index (κ3) is 9.60. The highest BCUT2D eigenvalue weighted by atomic mass is 16.2. The van der Waals surface area contributed by atoms with E-state index in [1.807, 2.05) is 36.4 Å². The van der Waals surface area contributed by atoms with E-state index in [4.69, 9.17) is 0 Å². The van der Waals surface area contributed by atoms with Gasteiger partial charge in [0.25, 0.3) is 5.91 Å². The van der Waals surface area contributed by atoms with Crippen LogP contribution in [0.4, 0.5) is 0 Å². The summed E-state index contributed by atoms with van der Waals surface area (Å²) in [5, 5.41) is 36.3. The van der Waals surface area contributed by atoms with E-state index in [9.17, 15) is 24.0 Å². The van der Waals surface area contributed by atoms with E-state index < -0.39 is 59.9 Å². The molecule has 2 aliphatic carbocycles. The summed E-state index contributed by atoms with van der Waals surface area (Å²) in [6.07, 6.45) is 7.33. The third-order valence-electron chi connectivity index (χ3n) is 14.8. The Hall–Kier alpha value is -6.54. The number of fused-ring (bicyclic) bond motifs is 5. The Kier molecular flexibility index (Phi) is 14.2. The van der Waals surface area contributed by atoms with E-state index in [1.165, 1.54) is 16.0 Å². The number of carbonyl (C=O) groups is 6. The molecule has 6 amide bonds. The first-order chi connectivity index (χ1) is 33.4. The fourth-order valence-corrected chi connectivity index (χ4v) is 10.8. The molecule has 0 spiro atoms. The average Bonchev–Trinajstić information content (AvgIpc) is 4.22. The molecule has 5 aliphatic rings. The van der Waals surface area contributed by atoms with Crippen LogP contribution in [0.15, 0.2) is 48.5 Å². The van der Waals surface area contributed by atoms with E-state index in [1.54, 1.807) is 42.2 Å². The molecule has 0 saturated carbocycles. The molecule has 2 fully saturated rings. The first kappa shape index (κ1) is 47.5. The van der Waals surface area contributed by atoms with Gasteiger partial charge in [0.05, 0.1) is 43.0 Å². The third-order valence-corrected chi connectivity index (χ3v) is 14.8. The molecule has 69 heavy (non-hydrogen) atoms. The second-order valence-electron chi connectivity index (χ2n) is 19.1. The van der Waals surface area contributed by atoms with Crippen LogP contribution in [0.1, 0.15) is 117 Å². The number of nitrogens with zero attached hydrogens (tertiary/aromatic N) is 8. The highest BCUT2D eigenvalue weighted by Crippen LogP contribution is 2.36. The Labute approximate surface area is 401 Å². The van der Waals surface area contributed by atoms with Crippen LogP contribution >= 0.6 is 0 Å². The van der Waals surface area contributed by atoms with Crippen molar-refractivity contribution >= 4 is 35.4 Å². The lowest BCUT2D eigenvalue weighted by Gasteiger charge is -2.32. The van der Waals surface area contributed by atoms with Crippen molar-refractivity contribution in [2.24, 2.45) is 0 Å². The van der Waals surface area contributed by atoms with Gasteiger partial charge in [-0.05, 0) is 114 Å². The number of benzene rings is 2. The summed E-state index contributed by atoms with van der Waals surface area (Å²) in [7, 11) is 3.29. The van der Waals surface area contributed by atoms with Crippen LogP contribution in [0.25, 0.3) is 11.4 Å². The number of aryl methyl sites for hydroxylation is 4. The van der Waals surface area contributed by atoms with Gasteiger partial charge in [-0.2, -0.15) is 0 Å². The molecular weight excluding hydrogens is 881 g/mol. The SMILES string of the molecule is CN[C@@H](C)C(=O)NC(C(=O)N1CCC[C@H]1C(=O)N[C@@H]1CCCc2ccccc21)c1nnn2c1-c1c(C[C@H](NC(=O)[C@H](C)NC)C(=O)N3CCC[C@H]3C(=O)N[C@@H]3CCCc4ccccc43)nnn1CC2. The topological polar surface area (TPSA) is 242 Å². The Morgan fingerprint density at radius 3 is 1.68 bits per heavy atom. The molecule has 5 heterocycles. The number of rotatable bonds is 15. The number of likely N-dealkylation sites (N-methyl/N-ethyl adjacent to an activating group) is 2. The molecule has 1 unspecified atom stereocenters. The zero-order valence-corrected chi connectivity index (χ0v) is 39.9. The standard InChI is InChI=1S/C49H64N14O6/c1-28(50-3)44(64)54-37(48(68)60-23-11-21-38(60)46(66)52-34-19-9-15-30-13-5-7-17-32(30)34)27-36-42-43-40(57-59-63(43)26-25-62(42)58-56-36)41(55-45(65)29(2)51-4)49(69)61-24-12-22-39(61)47(67)53-35-20-10-16-31-14-6-8-18-33(31)35/h5-8,13-14,17-18,28-29,34-35,37-39,41,50-51H,9-12,15-16,19-27H2,1-4H3,(H,52,66)(H,53,67)(H,54,64)(H,55,65)/t28-,29-,34+,35+,37-,38-,39-,41?/m0/s1.